The van der Waals surface area contributed by atoms with Crippen LogP contribution in [-0.2, 0) is 0 Å². The first-order valence-corrected chi connectivity index (χ1v) is 18.2. The predicted octanol–water partition coefficient (Wildman–Crippen LogP) is 5.13. The van der Waals surface area contributed by atoms with Crippen LogP contribution in [0.3, 0.4) is 0 Å². The molecule has 0 aromatic rings. The zero-order chi connectivity index (χ0) is 12.9. The van der Waals surface area contributed by atoms with E-state index in [4.69, 9.17) is 33.3 Å². The van der Waals surface area contributed by atoms with E-state index in [-0.39, 0.29) is 0 Å². The number of thioether (sulfide) groups is 1. The molecule has 1 fully saturated rings. The van der Waals surface area contributed by atoms with Gasteiger partial charge in [0.1, 0.15) is 0 Å². The van der Waals surface area contributed by atoms with Crippen molar-refractivity contribution >= 4 is 68.1 Å². The molecule has 1 nitrogen and oxygen atoms in total. The number of unbranched alkanes of at least 4 members (excludes halogenated alkanes) is 1. The van der Waals surface area contributed by atoms with E-state index in [9.17, 15) is 0 Å². The second kappa shape index (κ2) is 7.93. The molecule has 1 unspecified atom stereocenters. The normalized spacial score (nSPS) is 23.3. The quantitative estimate of drug-likeness (QED) is 0.453. The molecular formula is C11H19Cl2NS2Sn. The summed E-state index contributed by atoms with van der Waals surface area (Å²) in [7, 11) is 12.9. The Morgan fingerprint density at radius 3 is 2.88 bits per heavy atom. The molecule has 98 valence electrons. The summed E-state index contributed by atoms with van der Waals surface area (Å²) >= 11 is 3.87. The van der Waals surface area contributed by atoms with Crippen LogP contribution in [0, 0.1) is 5.92 Å². The van der Waals surface area contributed by atoms with Crippen LogP contribution in [0.15, 0.2) is 3.21 Å². The van der Waals surface area contributed by atoms with Gasteiger partial charge in [0, 0.05) is 0 Å². The molecule has 0 spiro atoms. The Morgan fingerprint density at radius 2 is 2.29 bits per heavy atom. The van der Waals surface area contributed by atoms with Crippen LogP contribution in [0.2, 0.25) is 4.44 Å². The molecule has 0 bridgehead atoms. The van der Waals surface area contributed by atoms with E-state index in [1.54, 1.807) is 11.8 Å². The van der Waals surface area contributed by atoms with E-state index in [1.807, 2.05) is 6.26 Å². The van der Waals surface area contributed by atoms with E-state index >= 15 is 0 Å². The van der Waals surface area contributed by atoms with Gasteiger partial charge in [-0.15, -0.1) is 0 Å². The van der Waals surface area contributed by atoms with Crippen molar-refractivity contribution in [3.05, 3.63) is 0 Å². The number of halogens is 2. The first kappa shape index (κ1) is 16.5. The van der Waals surface area contributed by atoms with Gasteiger partial charge in [-0.3, -0.25) is 0 Å². The van der Waals surface area contributed by atoms with Crippen molar-refractivity contribution in [2.45, 2.75) is 43.5 Å². The van der Waals surface area contributed by atoms with Crippen molar-refractivity contribution in [1.82, 2.24) is 0 Å². The van der Waals surface area contributed by atoms with Crippen molar-refractivity contribution in [1.29, 1.82) is 0 Å². The molecule has 1 atom stereocenters. The second-order valence-electron chi connectivity index (χ2n) is 4.34. The fraction of sp³-hybridized carbons (Fsp3) is 0.818. The zero-order valence-corrected chi connectivity index (χ0v) is 16.3. The standard InChI is InChI=1S/C7H10NS2.C4H9.2ClH.Sn/c1-10-7(9)5-3-2-4-6(5)8;1-3-4-2;;;/h5H,2-4H2,1H3;1,3-4H2,2H3;2*1H;/q-1;;;;+3/p-2. The van der Waals surface area contributed by atoms with E-state index in [1.165, 1.54) is 12.1 Å². The van der Waals surface area contributed by atoms with Crippen molar-refractivity contribution < 1.29 is 0 Å². The molecule has 1 aliphatic carbocycles. The van der Waals surface area contributed by atoms with Gasteiger partial charge in [-0.2, -0.15) is 0 Å². The Bertz CT molecular complexity index is 308. The van der Waals surface area contributed by atoms with Crippen LogP contribution >= 0.6 is 41.8 Å². The molecule has 1 saturated carbocycles. The summed E-state index contributed by atoms with van der Waals surface area (Å²) in [6.45, 7) is 2.16. The predicted molar refractivity (Wildman–Crippen MR) is 88.1 cm³/mol. The van der Waals surface area contributed by atoms with Crippen molar-refractivity contribution in [2.24, 2.45) is 9.13 Å². The molecule has 0 amide bonds. The summed E-state index contributed by atoms with van der Waals surface area (Å²) < 4.78 is 6.73. The van der Waals surface area contributed by atoms with Gasteiger partial charge in [-0.05, 0) is 0 Å². The third-order valence-electron chi connectivity index (χ3n) is 2.95. The Hall–Kier alpha value is 1.49. The molecule has 0 aromatic heterocycles. The second-order valence-corrected chi connectivity index (χ2v) is 21.4. The molecule has 0 heterocycles. The van der Waals surface area contributed by atoms with Crippen molar-refractivity contribution in [3.8, 4) is 0 Å². The van der Waals surface area contributed by atoms with Crippen LogP contribution in [-0.4, -0.2) is 32.6 Å². The topological polar surface area (TPSA) is 12.4 Å². The van der Waals surface area contributed by atoms with Crippen LogP contribution in [0.1, 0.15) is 39.0 Å². The first-order chi connectivity index (χ1) is 8.00. The summed E-state index contributed by atoms with van der Waals surface area (Å²) in [4.78, 5) is 0. The maximum absolute atomic E-state index is 6.45. The molecule has 0 radical (unpaired) electrons. The van der Waals surface area contributed by atoms with Gasteiger partial charge in [0.25, 0.3) is 0 Å². The average molecular weight is 419 g/mol. The van der Waals surface area contributed by atoms with Crippen LogP contribution in [0.4, 0.5) is 0 Å². The number of hydrogen-bond acceptors (Lipinski definition) is 3. The minimum atomic E-state index is -3.18. The summed E-state index contributed by atoms with van der Waals surface area (Å²) in [5.74, 6) is 0.357. The first-order valence-electron chi connectivity index (χ1n) is 6.04. The number of hydrogen-bond donors (Lipinski definition) is 0. The maximum atomic E-state index is 6.45. The van der Waals surface area contributed by atoms with Gasteiger partial charge in [0.15, 0.2) is 0 Å². The molecule has 1 rings (SSSR count). The Kier molecular flexibility index (Phi) is 7.72. The third-order valence-corrected chi connectivity index (χ3v) is 12.6. The van der Waals surface area contributed by atoms with Gasteiger partial charge >= 0.3 is 127 Å². The number of nitrogens with zero attached hydrogens (tertiary/aromatic N) is 1. The molecular weight excluding hydrogens is 400 g/mol. The Balaban J connectivity index is 2.72. The number of rotatable bonds is 5. The van der Waals surface area contributed by atoms with Gasteiger partial charge in [0.2, 0.25) is 0 Å². The SMILES string of the molecule is CCC[CH2][Sn]([Cl])([Cl])[N]=C1CCCC1C(=S)SC. The molecule has 6 heteroatoms. The molecule has 0 aliphatic heterocycles. The van der Waals surface area contributed by atoms with Gasteiger partial charge < -0.3 is 0 Å². The van der Waals surface area contributed by atoms with Gasteiger partial charge in [0.05, 0.1) is 0 Å². The monoisotopic (exact) mass is 419 g/mol. The van der Waals surface area contributed by atoms with Gasteiger partial charge in [-0.25, -0.2) is 0 Å². The summed E-state index contributed by atoms with van der Waals surface area (Å²) in [5, 5.41) is 0. The number of thiocarbonyl (C=S) groups is 1. The van der Waals surface area contributed by atoms with E-state index in [0.29, 0.717) is 5.92 Å². The van der Waals surface area contributed by atoms with E-state index < -0.39 is 16.4 Å². The summed E-state index contributed by atoms with van der Waals surface area (Å²) in [5.41, 5.74) is 1.20. The van der Waals surface area contributed by atoms with Crippen LogP contribution in [0.5, 0.6) is 0 Å². The molecule has 17 heavy (non-hydrogen) atoms. The van der Waals surface area contributed by atoms with Gasteiger partial charge in [-0.1, -0.05) is 0 Å². The van der Waals surface area contributed by atoms with E-state index in [2.05, 4.69) is 6.92 Å². The van der Waals surface area contributed by atoms with Crippen LogP contribution < -0.4 is 0 Å². The van der Waals surface area contributed by atoms with Crippen molar-refractivity contribution in [3.63, 3.8) is 0 Å². The average Bonchev–Trinajstić information content (AvgIpc) is 2.72. The summed E-state index contributed by atoms with van der Waals surface area (Å²) in [6, 6.07) is 0. The Labute approximate surface area is 126 Å². The summed E-state index contributed by atoms with van der Waals surface area (Å²) in [6.07, 6.45) is 7.60. The molecule has 0 saturated heterocycles. The Morgan fingerprint density at radius 1 is 1.59 bits per heavy atom. The fourth-order valence-corrected chi connectivity index (χ4v) is 10.6. The minimum absolute atomic E-state index is 0.357. The van der Waals surface area contributed by atoms with E-state index in [0.717, 1.165) is 34.3 Å². The molecule has 0 N–H and O–H groups in total. The third kappa shape index (κ3) is 5.55. The van der Waals surface area contributed by atoms with Crippen LogP contribution in [0.25, 0.3) is 0 Å². The van der Waals surface area contributed by atoms with Crippen molar-refractivity contribution in [2.75, 3.05) is 6.26 Å². The zero-order valence-electron chi connectivity index (χ0n) is 10.3. The molecule has 1 aliphatic rings. The fourth-order valence-electron chi connectivity index (χ4n) is 2.01. The molecule has 0 aromatic carbocycles.